The number of aromatic nitrogens is 1. The Labute approximate surface area is 87.5 Å². The number of halogens is 2. The molecule has 0 saturated heterocycles. The van der Waals surface area contributed by atoms with Crippen molar-refractivity contribution in [1.82, 2.24) is 4.98 Å². The average molecular weight is 216 g/mol. The number of nitrogens with zero attached hydrogens (tertiary/aromatic N) is 1. The van der Waals surface area contributed by atoms with Crippen LogP contribution in [0.25, 0.3) is 0 Å². The Balaban J connectivity index is 2.36. The van der Waals surface area contributed by atoms with Crippen LogP contribution in [-0.4, -0.2) is 24.6 Å². The lowest BCUT2D eigenvalue weighted by Gasteiger charge is -2.05. The molecule has 0 unspecified atom stereocenters. The van der Waals surface area contributed by atoms with Gasteiger partial charge < -0.3 is 10.1 Å². The van der Waals surface area contributed by atoms with Crippen molar-refractivity contribution in [1.29, 1.82) is 0 Å². The van der Waals surface area contributed by atoms with E-state index in [1.54, 1.807) is 18.3 Å². The minimum Gasteiger partial charge on any atom is -0.371 e. The summed E-state index contributed by atoms with van der Waals surface area (Å²) in [6, 6.07) is 3.60. The summed E-state index contributed by atoms with van der Waals surface area (Å²) >= 11 is 0. The van der Waals surface area contributed by atoms with Crippen LogP contribution >= 0.6 is 0 Å². The number of pyridine rings is 1. The van der Waals surface area contributed by atoms with Gasteiger partial charge in [-0.05, 0) is 18.6 Å². The Morgan fingerprint density at radius 2 is 2.27 bits per heavy atom. The number of alkyl halides is 2. The molecule has 1 heterocycles. The first-order valence-corrected chi connectivity index (χ1v) is 4.77. The molecule has 0 atom stereocenters. The van der Waals surface area contributed by atoms with E-state index in [1.807, 2.05) is 6.92 Å². The minimum atomic E-state index is -2.42. The van der Waals surface area contributed by atoms with E-state index in [1.165, 1.54) is 0 Å². The van der Waals surface area contributed by atoms with Gasteiger partial charge in [0.05, 0.1) is 6.61 Å². The Morgan fingerprint density at radius 3 is 2.80 bits per heavy atom. The molecule has 3 nitrogen and oxygen atoms in total. The summed E-state index contributed by atoms with van der Waals surface area (Å²) in [6.07, 6.45) is -0.803. The molecule has 1 rings (SSSR count). The Bertz CT molecular complexity index is 277. The molecule has 0 radical (unpaired) electrons. The lowest BCUT2D eigenvalue weighted by Crippen LogP contribution is -2.05. The number of nitrogens with one attached hydrogen (secondary N) is 1. The standard InChI is InChI=1S/C10H14F2N2O/c1-2-13-10-4-3-8(5-14-10)6-15-7-9(11)12/h3-5,9H,2,6-7H2,1H3,(H,13,14). The average Bonchev–Trinajstić information content (AvgIpc) is 2.20. The highest BCUT2D eigenvalue weighted by molar-refractivity contribution is 5.34. The van der Waals surface area contributed by atoms with Gasteiger partial charge in [-0.2, -0.15) is 0 Å². The van der Waals surface area contributed by atoms with Gasteiger partial charge in [0.25, 0.3) is 6.43 Å². The Morgan fingerprint density at radius 1 is 1.47 bits per heavy atom. The SMILES string of the molecule is CCNc1ccc(COCC(F)F)cn1. The first kappa shape index (κ1) is 11.8. The van der Waals surface area contributed by atoms with Gasteiger partial charge in [0.2, 0.25) is 0 Å². The van der Waals surface area contributed by atoms with Crippen molar-refractivity contribution >= 4 is 5.82 Å². The molecule has 1 N–H and O–H groups in total. The maximum Gasteiger partial charge on any atom is 0.261 e. The number of ether oxygens (including phenoxy) is 1. The fourth-order valence-corrected chi connectivity index (χ4v) is 1.06. The monoisotopic (exact) mass is 216 g/mol. The fourth-order valence-electron chi connectivity index (χ4n) is 1.06. The van der Waals surface area contributed by atoms with Gasteiger partial charge in [0.15, 0.2) is 0 Å². The molecule has 0 aliphatic carbocycles. The predicted molar refractivity (Wildman–Crippen MR) is 54.1 cm³/mol. The smallest absolute Gasteiger partial charge is 0.261 e. The normalized spacial score (nSPS) is 10.7. The highest BCUT2D eigenvalue weighted by atomic mass is 19.3. The molecule has 1 aromatic rings. The van der Waals surface area contributed by atoms with Crippen molar-refractivity contribution in [2.45, 2.75) is 20.0 Å². The molecule has 0 aliphatic heterocycles. The largest absolute Gasteiger partial charge is 0.371 e. The second kappa shape index (κ2) is 6.29. The number of hydrogen-bond donors (Lipinski definition) is 1. The third kappa shape index (κ3) is 4.69. The summed E-state index contributed by atoms with van der Waals surface area (Å²) in [5, 5.41) is 3.04. The summed E-state index contributed by atoms with van der Waals surface area (Å²) in [7, 11) is 0. The van der Waals surface area contributed by atoms with Gasteiger partial charge in [-0.25, -0.2) is 13.8 Å². The third-order valence-electron chi connectivity index (χ3n) is 1.70. The molecule has 84 valence electrons. The second-order valence-corrected chi connectivity index (χ2v) is 2.99. The summed E-state index contributed by atoms with van der Waals surface area (Å²) in [6.45, 7) is 2.41. The van der Waals surface area contributed by atoms with Crippen LogP contribution in [0.3, 0.4) is 0 Å². The molecular weight excluding hydrogens is 202 g/mol. The van der Waals surface area contributed by atoms with Crippen LogP contribution in [0.15, 0.2) is 18.3 Å². The highest BCUT2D eigenvalue weighted by Crippen LogP contribution is 2.06. The second-order valence-electron chi connectivity index (χ2n) is 2.99. The van der Waals surface area contributed by atoms with Crippen LogP contribution in [0.4, 0.5) is 14.6 Å². The molecule has 0 aliphatic rings. The van der Waals surface area contributed by atoms with E-state index in [-0.39, 0.29) is 6.61 Å². The van der Waals surface area contributed by atoms with Gasteiger partial charge in [-0.3, -0.25) is 0 Å². The molecule has 1 aromatic heterocycles. The maximum atomic E-state index is 11.8. The van der Waals surface area contributed by atoms with Crippen molar-refractivity contribution < 1.29 is 13.5 Å². The van der Waals surface area contributed by atoms with Crippen LogP contribution in [-0.2, 0) is 11.3 Å². The zero-order valence-corrected chi connectivity index (χ0v) is 8.54. The summed E-state index contributed by atoms with van der Waals surface area (Å²) < 4.78 is 28.3. The molecule has 0 spiro atoms. The van der Waals surface area contributed by atoms with Gasteiger partial charge in [0, 0.05) is 12.7 Å². The number of rotatable bonds is 6. The first-order chi connectivity index (χ1) is 7.22. The first-order valence-electron chi connectivity index (χ1n) is 4.77. The van der Waals surface area contributed by atoms with E-state index in [4.69, 9.17) is 4.74 Å². The maximum absolute atomic E-state index is 11.8. The van der Waals surface area contributed by atoms with Crippen molar-refractivity contribution in [3.63, 3.8) is 0 Å². The molecule has 0 amide bonds. The zero-order chi connectivity index (χ0) is 11.1. The van der Waals surface area contributed by atoms with Crippen LogP contribution in [0.5, 0.6) is 0 Å². The van der Waals surface area contributed by atoms with Crippen LogP contribution in [0, 0.1) is 0 Å². The topological polar surface area (TPSA) is 34.1 Å². The van der Waals surface area contributed by atoms with E-state index < -0.39 is 13.0 Å². The van der Waals surface area contributed by atoms with Crippen LogP contribution in [0.1, 0.15) is 12.5 Å². The van der Waals surface area contributed by atoms with E-state index in [9.17, 15) is 8.78 Å². The molecule has 0 bridgehead atoms. The minimum absolute atomic E-state index is 0.170. The van der Waals surface area contributed by atoms with Crippen LogP contribution < -0.4 is 5.32 Å². The molecule has 0 fully saturated rings. The predicted octanol–water partition coefficient (Wildman–Crippen LogP) is 2.30. The summed E-state index contributed by atoms with van der Waals surface area (Å²) in [5.74, 6) is 0.773. The van der Waals surface area contributed by atoms with Gasteiger partial charge in [-0.1, -0.05) is 6.07 Å². The molecular formula is C10H14F2N2O. The van der Waals surface area contributed by atoms with Gasteiger partial charge >= 0.3 is 0 Å². The molecule has 0 saturated carbocycles. The summed E-state index contributed by atoms with van der Waals surface area (Å²) in [5.41, 5.74) is 0.789. The zero-order valence-electron chi connectivity index (χ0n) is 8.54. The van der Waals surface area contributed by atoms with Crippen molar-refractivity contribution in [3.8, 4) is 0 Å². The van der Waals surface area contributed by atoms with Gasteiger partial charge in [-0.15, -0.1) is 0 Å². The van der Waals surface area contributed by atoms with E-state index >= 15 is 0 Å². The van der Waals surface area contributed by atoms with Crippen molar-refractivity contribution in [2.24, 2.45) is 0 Å². The van der Waals surface area contributed by atoms with Crippen molar-refractivity contribution in [3.05, 3.63) is 23.9 Å². The quantitative estimate of drug-likeness (QED) is 0.792. The fraction of sp³-hybridized carbons (Fsp3) is 0.500. The van der Waals surface area contributed by atoms with Gasteiger partial charge in [0.1, 0.15) is 12.4 Å². The Hall–Kier alpha value is -1.23. The summed E-state index contributed by atoms with van der Waals surface area (Å²) in [4.78, 5) is 4.09. The van der Waals surface area contributed by atoms with Crippen LogP contribution in [0.2, 0.25) is 0 Å². The number of hydrogen-bond acceptors (Lipinski definition) is 3. The van der Waals surface area contributed by atoms with E-state index in [2.05, 4.69) is 10.3 Å². The molecule has 15 heavy (non-hydrogen) atoms. The lowest BCUT2D eigenvalue weighted by molar-refractivity contribution is 0.00980. The Kier molecular flexibility index (Phi) is 4.97. The molecule has 5 heteroatoms. The van der Waals surface area contributed by atoms with E-state index in [0.717, 1.165) is 17.9 Å². The number of anilines is 1. The highest BCUT2D eigenvalue weighted by Gasteiger charge is 2.02. The van der Waals surface area contributed by atoms with E-state index in [0.29, 0.717) is 0 Å². The third-order valence-corrected chi connectivity index (χ3v) is 1.70. The lowest BCUT2D eigenvalue weighted by atomic mass is 10.3. The molecule has 0 aromatic carbocycles. The van der Waals surface area contributed by atoms with Crippen molar-refractivity contribution in [2.75, 3.05) is 18.5 Å².